The van der Waals surface area contributed by atoms with Gasteiger partial charge in [0.15, 0.2) is 11.5 Å². The lowest BCUT2D eigenvalue weighted by Crippen LogP contribution is -2.05. The molecule has 0 atom stereocenters. The van der Waals surface area contributed by atoms with Crippen LogP contribution in [0.3, 0.4) is 0 Å². The molecule has 0 radical (unpaired) electrons. The molecule has 3 nitrogen and oxygen atoms in total. The molecule has 0 amide bonds. The lowest BCUT2D eigenvalue weighted by Gasteiger charge is -2.11. The van der Waals surface area contributed by atoms with E-state index in [1.54, 1.807) is 0 Å². The summed E-state index contributed by atoms with van der Waals surface area (Å²) in [4.78, 5) is 0. The van der Waals surface area contributed by atoms with E-state index < -0.39 is 23.2 Å². The number of phenolic OH excluding ortho intramolecular Hbond substituents is 2. The number of phenols is 2. The van der Waals surface area contributed by atoms with E-state index in [9.17, 15) is 23.4 Å². The molecular weight excluding hydrogens is 223 g/mol. The van der Waals surface area contributed by atoms with Crippen LogP contribution in [0.25, 0.3) is 6.08 Å². The second-order valence-electron chi connectivity index (χ2n) is 3.04. The van der Waals surface area contributed by atoms with E-state index in [1.165, 1.54) is 12.2 Å². The van der Waals surface area contributed by atoms with E-state index in [1.807, 2.05) is 0 Å². The Morgan fingerprint density at radius 1 is 1.19 bits per heavy atom. The molecule has 16 heavy (non-hydrogen) atoms. The molecule has 1 rings (SSSR count). The van der Waals surface area contributed by atoms with Crippen LogP contribution >= 0.6 is 0 Å². The number of hydrogen-bond donors (Lipinski definition) is 3. The minimum Gasteiger partial charge on any atom is -0.504 e. The Morgan fingerprint density at radius 3 is 2.31 bits per heavy atom. The van der Waals surface area contributed by atoms with E-state index >= 15 is 0 Å². The van der Waals surface area contributed by atoms with Gasteiger partial charge in [-0.05, 0) is 6.07 Å². The monoisotopic (exact) mass is 233 g/mol. The van der Waals surface area contributed by atoms with Crippen molar-refractivity contribution in [2.75, 3.05) is 6.54 Å². The number of hydrogen-bond acceptors (Lipinski definition) is 3. The zero-order chi connectivity index (χ0) is 12.3. The summed E-state index contributed by atoms with van der Waals surface area (Å²) >= 11 is 0. The van der Waals surface area contributed by atoms with Crippen LogP contribution in [0.15, 0.2) is 18.2 Å². The highest BCUT2D eigenvalue weighted by Gasteiger charge is 2.35. The van der Waals surface area contributed by atoms with Crippen LogP contribution in [0, 0.1) is 0 Å². The maximum absolute atomic E-state index is 12.3. The first kappa shape index (κ1) is 12.4. The summed E-state index contributed by atoms with van der Waals surface area (Å²) in [7, 11) is 0. The van der Waals surface area contributed by atoms with Crippen LogP contribution < -0.4 is 5.73 Å². The van der Waals surface area contributed by atoms with Gasteiger partial charge < -0.3 is 15.9 Å². The molecule has 0 saturated carbocycles. The van der Waals surface area contributed by atoms with Gasteiger partial charge in [0.2, 0.25) is 0 Å². The summed E-state index contributed by atoms with van der Waals surface area (Å²) in [5.41, 5.74) is 3.96. The molecule has 0 spiro atoms. The highest BCUT2D eigenvalue weighted by atomic mass is 19.4. The van der Waals surface area contributed by atoms with Crippen LogP contribution in [0.4, 0.5) is 13.2 Å². The topological polar surface area (TPSA) is 66.5 Å². The Balaban J connectivity index is 3.24. The Kier molecular flexibility index (Phi) is 3.44. The van der Waals surface area contributed by atoms with Gasteiger partial charge in [0.05, 0.1) is 0 Å². The molecule has 1 aromatic rings. The van der Waals surface area contributed by atoms with Crippen LogP contribution in [-0.2, 0) is 6.18 Å². The van der Waals surface area contributed by atoms with Gasteiger partial charge in [-0.3, -0.25) is 0 Å². The van der Waals surface area contributed by atoms with Crippen LogP contribution in [0.2, 0.25) is 0 Å². The third-order valence-corrected chi connectivity index (χ3v) is 1.92. The molecule has 0 saturated heterocycles. The maximum Gasteiger partial charge on any atom is 0.420 e. The van der Waals surface area contributed by atoms with E-state index in [0.717, 1.165) is 6.07 Å². The van der Waals surface area contributed by atoms with E-state index in [0.29, 0.717) is 6.07 Å². The molecule has 0 aliphatic heterocycles. The highest BCUT2D eigenvalue weighted by Crippen LogP contribution is 2.42. The van der Waals surface area contributed by atoms with E-state index in [2.05, 4.69) is 0 Å². The number of aromatic hydroxyl groups is 2. The summed E-state index contributed by atoms with van der Waals surface area (Å²) in [6, 6.07) is 1.76. The van der Waals surface area contributed by atoms with Crippen LogP contribution in [-0.4, -0.2) is 16.8 Å². The number of halogens is 3. The first-order valence-electron chi connectivity index (χ1n) is 4.36. The SMILES string of the molecule is NC/C=C/c1ccc(C(F)(F)F)c(O)c1O. The molecule has 0 bridgehead atoms. The fourth-order valence-electron chi connectivity index (χ4n) is 1.15. The predicted molar refractivity (Wildman–Crippen MR) is 52.9 cm³/mol. The van der Waals surface area contributed by atoms with Crippen molar-refractivity contribution in [3.8, 4) is 11.5 Å². The van der Waals surface area contributed by atoms with Gasteiger partial charge in [-0.15, -0.1) is 0 Å². The van der Waals surface area contributed by atoms with Gasteiger partial charge in [-0.2, -0.15) is 13.2 Å². The fraction of sp³-hybridized carbons (Fsp3) is 0.200. The van der Waals surface area contributed by atoms with Crippen molar-refractivity contribution in [3.05, 3.63) is 29.3 Å². The first-order chi connectivity index (χ1) is 7.38. The molecule has 4 N–H and O–H groups in total. The Bertz CT molecular complexity index is 413. The lowest BCUT2D eigenvalue weighted by molar-refractivity contribution is -0.138. The number of benzene rings is 1. The predicted octanol–water partition coefficient (Wildman–Crippen LogP) is 2.09. The molecule has 0 heterocycles. The van der Waals surface area contributed by atoms with Crippen LogP contribution in [0.1, 0.15) is 11.1 Å². The minimum atomic E-state index is -4.70. The van der Waals surface area contributed by atoms with Gasteiger partial charge in [-0.1, -0.05) is 18.2 Å². The minimum absolute atomic E-state index is 0.0796. The van der Waals surface area contributed by atoms with Gasteiger partial charge in [-0.25, -0.2) is 0 Å². The lowest BCUT2D eigenvalue weighted by atomic mass is 10.1. The largest absolute Gasteiger partial charge is 0.504 e. The van der Waals surface area contributed by atoms with Crippen molar-refractivity contribution in [1.29, 1.82) is 0 Å². The van der Waals surface area contributed by atoms with Crippen molar-refractivity contribution < 1.29 is 23.4 Å². The van der Waals surface area contributed by atoms with Gasteiger partial charge >= 0.3 is 6.18 Å². The summed E-state index contributed by atoms with van der Waals surface area (Å²) < 4.78 is 36.9. The fourth-order valence-corrected chi connectivity index (χ4v) is 1.15. The molecule has 0 fully saturated rings. The van der Waals surface area contributed by atoms with Crippen molar-refractivity contribution >= 4 is 6.08 Å². The Hall–Kier alpha value is -1.69. The van der Waals surface area contributed by atoms with Crippen molar-refractivity contribution in [1.82, 2.24) is 0 Å². The van der Waals surface area contributed by atoms with Crippen molar-refractivity contribution in [2.45, 2.75) is 6.18 Å². The second kappa shape index (κ2) is 4.44. The summed E-state index contributed by atoms with van der Waals surface area (Å²) in [6.45, 7) is 0.182. The third kappa shape index (κ3) is 2.46. The van der Waals surface area contributed by atoms with E-state index in [4.69, 9.17) is 5.73 Å². The maximum atomic E-state index is 12.3. The Labute approximate surface area is 89.6 Å². The molecule has 1 aromatic carbocycles. The second-order valence-corrected chi connectivity index (χ2v) is 3.04. The summed E-state index contributed by atoms with van der Waals surface area (Å²) in [5, 5.41) is 18.5. The van der Waals surface area contributed by atoms with Gasteiger partial charge in [0.25, 0.3) is 0 Å². The number of alkyl halides is 3. The zero-order valence-electron chi connectivity index (χ0n) is 8.12. The average molecular weight is 233 g/mol. The van der Waals surface area contributed by atoms with Gasteiger partial charge in [0, 0.05) is 12.1 Å². The van der Waals surface area contributed by atoms with Crippen molar-refractivity contribution in [2.24, 2.45) is 5.73 Å². The third-order valence-electron chi connectivity index (χ3n) is 1.92. The van der Waals surface area contributed by atoms with E-state index in [-0.39, 0.29) is 12.1 Å². The molecular formula is C10H10F3NO2. The molecule has 0 aliphatic rings. The average Bonchev–Trinajstić information content (AvgIpc) is 2.18. The van der Waals surface area contributed by atoms with Gasteiger partial charge in [0.1, 0.15) is 5.56 Å². The quantitative estimate of drug-likeness (QED) is 0.685. The number of nitrogens with two attached hydrogens (primary N) is 1. The molecule has 0 aromatic heterocycles. The highest BCUT2D eigenvalue weighted by molar-refractivity contribution is 5.63. The molecule has 0 aliphatic carbocycles. The smallest absolute Gasteiger partial charge is 0.420 e. The molecule has 6 heteroatoms. The number of rotatable bonds is 2. The summed E-state index contributed by atoms with van der Waals surface area (Å²) in [6.07, 6.45) is -1.92. The molecule has 0 unspecified atom stereocenters. The molecule has 88 valence electrons. The zero-order valence-corrected chi connectivity index (χ0v) is 8.12. The van der Waals surface area contributed by atoms with Crippen LogP contribution in [0.5, 0.6) is 11.5 Å². The van der Waals surface area contributed by atoms with Crippen molar-refractivity contribution in [3.63, 3.8) is 0 Å². The first-order valence-corrected chi connectivity index (χ1v) is 4.36. The standard InChI is InChI=1S/C10H10F3NO2/c11-10(12,13)7-4-3-6(2-1-5-14)8(15)9(7)16/h1-4,15-16H,5,14H2/b2-1+. The Morgan fingerprint density at radius 2 is 1.81 bits per heavy atom. The normalized spacial score (nSPS) is 12.2. The summed E-state index contributed by atoms with van der Waals surface area (Å²) in [5.74, 6) is -1.98.